The van der Waals surface area contributed by atoms with Crippen molar-refractivity contribution in [3.63, 3.8) is 0 Å². The smallest absolute Gasteiger partial charge is 0.224 e. The van der Waals surface area contributed by atoms with E-state index >= 15 is 0 Å². The van der Waals surface area contributed by atoms with Crippen LogP contribution < -0.4 is 0 Å². The van der Waals surface area contributed by atoms with Gasteiger partial charge in [-0.25, -0.2) is 0 Å². The van der Waals surface area contributed by atoms with Crippen molar-refractivity contribution < 1.29 is 4.79 Å². The first-order valence-corrected chi connectivity index (χ1v) is 6.34. The maximum Gasteiger partial charge on any atom is 0.224 e. The first-order valence-electron chi connectivity index (χ1n) is 6.34. The molecule has 0 aromatic rings. The Balaban J connectivity index is 3.39. The molecule has 0 bridgehead atoms. The third-order valence-electron chi connectivity index (χ3n) is 2.72. The molecule has 0 spiro atoms. The van der Waals surface area contributed by atoms with E-state index in [0.29, 0.717) is 0 Å². The Morgan fingerprint density at radius 2 is 1.60 bits per heavy atom. The molecule has 90 valence electrons. The number of amides is 1. The highest BCUT2D eigenvalue weighted by Crippen LogP contribution is 2.06. The van der Waals surface area contributed by atoms with Crippen molar-refractivity contribution >= 4 is 5.91 Å². The zero-order valence-electron chi connectivity index (χ0n) is 10.9. The second-order valence-corrected chi connectivity index (χ2v) is 4.68. The molecule has 0 atom stereocenters. The Bertz CT molecular complexity index is 166. The fraction of sp³-hybridized carbons (Fsp3) is 0.923. The maximum absolute atomic E-state index is 11.5. The second-order valence-electron chi connectivity index (χ2n) is 4.68. The van der Waals surface area contributed by atoms with Gasteiger partial charge >= 0.3 is 0 Å². The molecule has 1 amide bonds. The molecule has 0 unspecified atom stereocenters. The van der Waals surface area contributed by atoms with Crippen molar-refractivity contribution in [2.24, 2.45) is 5.92 Å². The Labute approximate surface area is 95.0 Å². The number of carbonyl (C=O) groups is 1. The van der Waals surface area contributed by atoms with Crippen molar-refractivity contribution in [1.82, 2.24) is 4.90 Å². The van der Waals surface area contributed by atoms with E-state index in [2.05, 4.69) is 6.92 Å². The van der Waals surface area contributed by atoms with Gasteiger partial charge in [0.1, 0.15) is 0 Å². The van der Waals surface area contributed by atoms with Gasteiger partial charge < -0.3 is 4.90 Å². The van der Waals surface area contributed by atoms with E-state index in [4.69, 9.17) is 0 Å². The van der Waals surface area contributed by atoms with Gasteiger partial charge in [-0.3, -0.25) is 4.79 Å². The van der Waals surface area contributed by atoms with Crippen LogP contribution in [0.4, 0.5) is 0 Å². The van der Waals surface area contributed by atoms with Crippen LogP contribution >= 0.6 is 0 Å². The Hall–Kier alpha value is -0.530. The van der Waals surface area contributed by atoms with Crippen molar-refractivity contribution in [3.05, 3.63) is 0 Å². The third-order valence-corrected chi connectivity index (χ3v) is 2.72. The molecule has 0 aromatic heterocycles. The summed E-state index contributed by atoms with van der Waals surface area (Å²) in [5.74, 6) is 0.402. The summed E-state index contributed by atoms with van der Waals surface area (Å²) in [6, 6.07) is 0. The molecule has 0 N–H and O–H groups in total. The van der Waals surface area contributed by atoms with Crippen molar-refractivity contribution in [2.45, 2.75) is 59.3 Å². The van der Waals surface area contributed by atoms with Gasteiger partial charge in [-0.05, 0) is 6.42 Å². The van der Waals surface area contributed by atoms with E-state index in [-0.39, 0.29) is 11.8 Å². The summed E-state index contributed by atoms with van der Waals surface area (Å²) in [7, 11) is 1.91. The third kappa shape index (κ3) is 7.40. The van der Waals surface area contributed by atoms with E-state index in [9.17, 15) is 4.79 Å². The molecule has 0 fully saturated rings. The zero-order valence-corrected chi connectivity index (χ0v) is 10.9. The maximum atomic E-state index is 11.5. The predicted octanol–water partition coefficient (Wildman–Crippen LogP) is 3.46. The van der Waals surface area contributed by atoms with Crippen LogP contribution in [0.5, 0.6) is 0 Å². The lowest BCUT2D eigenvalue weighted by Crippen LogP contribution is -2.31. The largest absolute Gasteiger partial charge is 0.346 e. The second kappa shape index (κ2) is 8.75. The summed E-state index contributed by atoms with van der Waals surface area (Å²) < 4.78 is 0. The standard InChI is InChI=1S/C13H27NO/c1-5-6-7-8-9-10-11-14(4)13(15)12(2)3/h12H,5-11H2,1-4H3. The Kier molecular flexibility index (Phi) is 8.44. The first-order chi connectivity index (χ1) is 7.09. The lowest BCUT2D eigenvalue weighted by Gasteiger charge is -2.19. The van der Waals surface area contributed by atoms with Gasteiger partial charge in [0, 0.05) is 19.5 Å². The number of hydrogen-bond acceptors (Lipinski definition) is 1. The highest BCUT2D eigenvalue weighted by Gasteiger charge is 2.11. The number of carbonyl (C=O) groups excluding carboxylic acids is 1. The minimum absolute atomic E-state index is 0.134. The number of hydrogen-bond donors (Lipinski definition) is 0. The normalized spacial score (nSPS) is 10.7. The van der Waals surface area contributed by atoms with Gasteiger partial charge in [-0.2, -0.15) is 0 Å². The molecule has 0 heterocycles. The van der Waals surface area contributed by atoms with E-state index in [0.717, 1.165) is 13.0 Å². The van der Waals surface area contributed by atoms with Crippen LogP contribution in [0, 0.1) is 5.92 Å². The van der Waals surface area contributed by atoms with Gasteiger partial charge in [0.25, 0.3) is 0 Å². The molecule has 0 aliphatic heterocycles. The van der Waals surface area contributed by atoms with Crippen LogP contribution in [-0.2, 0) is 4.79 Å². The fourth-order valence-electron chi connectivity index (χ4n) is 1.68. The SMILES string of the molecule is CCCCCCCCN(C)C(=O)C(C)C. The minimum atomic E-state index is 0.134. The van der Waals surface area contributed by atoms with Crippen LogP contribution in [0.1, 0.15) is 59.3 Å². The van der Waals surface area contributed by atoms with Gasteiger partial charge in [0.2, 0.25) is 5.91 Å². The molecule has 0 aromatic carbocycles. The molecule has 15 heavy (non-hydrogen) atoms. The van der Waals surface area contributed by atoms with Crippen LogP contribution in [0.2, 0.25) is 0 Å². The van der Waals surface area contributed by atoms with Crippen LogP contribution in [0.3, 0.4) is 0 Å². The summed E-state index contributed by atoms with van der Waals surface area (Å²) >= 11 is 0. The van der Waals surface area contributed by atoms with E-state index < -0.39 is 0 Å². The van der Waals surface area contributed by atoms with Gasteiger partial charge in [0.15, 0.2) is 0 Å². The molecule has 0 radical (unpaired) electrons. The highest BCUT2D eigenvalue weighted by atomic mass is 16.2. The molecule has 0 aliphatic rings. The first kappa shape index (κ1) is 14.5. The van der Waals surface area contributed by atoms with Crippen molar-refractivity contribution in [3.8, 4) is 0 Å². The molecular weight excluding hydrogens is 186 g/mol. The average Bonchev–Trinajstić information content (AvgIpc) is 2.21. The molecule has 2 nitrogen and oxygen atoms in total. The van der Waals surface area contributed by atoms with Gasteiger partial charge in [-0.1, -0.05) is 52.9 Å². The molecule has 0 saturated heterocycles. The Morgan fingerprint density at radius 3 is 2.13 bits per heavy atom. The average molecular weight is 213 g/mol. The topological polar surface area (TPSA) is 20.3 Å². The summed E-state index contributed by atoms with van der Waals surface area (Å²) in [6.45, 7) is 7.07. The lowest BCUT2D eigenvalue weighted by atomic mass is 10.1. The number of unbranched alkanes of at least 4 members (excludes halogenated alkanes) is 5. The summed E-state index contributed by atoms with van der Waals surface area (Å²) in [5, 5.41) is 0. The van der Waals surface area contributed by atoms with Crippen LogP contribution in [-0.4, -0.2) is 24.4 Å². The predicted molar refractivity (Wildman–Crippen MR) is 65.9 cm³/mol. The molecule has 0 saturated carbocycles. The number of rotatable bonds is 8. The minimum Gasteiger partial charge on any atom is -0.346 e. The summed E-state index contributed by atoms with van der Waals surface area (Å²) in [6.07, 6.45) is 7.72. The van der Waals surface area contributed by atoms with E-state index in [1.165, 1.54) is 32.1 Å². The summed E-state index contributed by atoms with van der Waals surface area (Å²) in [5.41, 5.74) is 0. The lowest BCUT2D eigenvalue weighted by molar-refractivity contribution is -0.133. The van der Waals surface area contributed by atoms with Crippen LogP contribution in [0.15, 0.2) is 0 Å². The highest BCUT2D eigenvalue weighted by molar-refractivity contribution is 5.77. The van der Waals surface area contributed by atoms with Crippen molar-refractivity contribution in [2.75, 3.05) is 13.6 Å². The molecule has 0 rings (SSSR count). The van der Waals surface area contributed by atoms with Crippen LogP contribution in [0.25, 0.3) is 0 Å². The summed E-state index contributed by atoms with van der Waals surface area (Å²) in [4.78, 5) is 13.4. The fourth-order valence-corrected chi connectivity index (χ4v) is 1.68. The monoisotopic (exact) mass is 213 g/mol. The molecule has 2 heteroatoms. The molecule has 0 aliphatic carbocycles. The number of nitrogens with zero attached hydrogens (tertiary/aromatic N) is 1. The van der Waals surface area contributed by atoms with Crippen molar-refractivity contribution in [1.29, 1.82) is 0 Å². The quantitative estimate of drug-likeness (QED) is 0.565. The van der Waals surface area contributed by atoms with E-state index in [1.807, 2.05) is 25.8 Å². The van der Waals surface area contributed by atoms with Gasteiger partial charge in [-0.15, -0.1) is 0 Å². The van der Waals surface area contributed by atoms with Gasteiger partial charge in [0.05, 0.1) is 0 Å². The Morgan fingerprint density at radius 1 is 1.07 bits per heavy atom. The molecular formula is C13H27NO. The van der Waals surface area contributed by atoms with E-state index in [1.54, 1.807) is 0 Å². The zero-order chi connectivity index (χ0) is 11.7.